The number of aryl methyl sites for hydroxylation is 1. The summed E-state index contributed by atoms with van der Waals surface area (Å²) < 4.78 is 29.2. The molecule has 1 aliphatic carbocycles. The van der Waals surface area contributed by atoms with Crippen LogP contribution < -0.4 is 0 Å². The van der Waals surface area contributed by atoms with Gasteiger partial charge in [0.1, 0.15) is 17.0 Å². The monoisotopic (exact) mass is 452 g/mol. The van der Waals surface area contributed by atoms with Crippen molar-refractivity contribution in [1.29, 1.82) is 0 Å². The zero-order valence-corrected chi connectivity index (χ0v) is 19.4. The van der Waals surface area contributed by atoms with Crippen LogP contribution in [0.2, 0.25) is 0 Å². The molecule has 3 aromatic heterocycles. The maximum absolute atomic E-state index is 13.5. The normalized spacial score (nSPS) is 20.2. The number of imidazole rings is 1. The number of nitrogens with zero attached hydrogens (tertiary/aromatic N) is 3. The van der Waals surface area contributed by atoms with Gasteiger partial charge in [-0.1, -0.05) is 18.2 Å². The first-order chi connectivity index (χ1) is 15.2. The van der Waals surface area contributed by atoms with Crippen LogP contribution in [0.3, 0.4) is 0 Å². The molecule has 7 nitrogen and oxygen atoms in total. The van der Waals surface area contributed by atoms with Crippen LogP contribution in [0.15, 0.2) is 52.5 Å². The van der Waals surface area contributed by atoms with Crippen LogP contribution in [0.25, 0.3) is 22.1 Å². The minimum absolute atomic E-state index is 0.0133. The van der Waals surface area contributed by atoms with E-state index in [1.165, 1.54) is 0 Å². The van der Waals surface area contributed by atoms with Crippen molar-refractivity contribution < 1.29 is 13.5 Å². The van der Waals surface area contributed by atoms with Gasteiger partial charge in [0.15, 0.2) is 5.03 Å². The summed E-state index contributed by atoms with van der Waals surface area (Å²) in [4.78, 5) is 12.5. The average Bonchev–Trinajstić information content (AvgIpc) is 3.36. The fourth-order valence-electron chi connectivity index (χ4n) is 5.14. The Balaban J connectivity index is 1.69. The Hall–Kier alpha value is -2.71. The van der Waals surface area contributed by atoms with E-state index in [4.69, 9.17) is 4.98 Å². The van der Waals surface area contributed by atoms with Crippen molar-refractivity contribution in [2.45, 2.75) is 68.0 Å². The predicted octanol–water partition coefficient (Wildman–Crippen LogP) is 4.56. The maximum Gasteiger partial charge on any atom is 0.226 e. The average molecular weight is 453 g/mol. The summed E-state index contributed by atoms with van der Waals surface area (Å²) in [6.07, 6.45) is 5.45. The summed E-state index contributed by atoms with van der Waals surface area (Å²) in [5.74, 6) is 1.04. The number of pyridine rings is 1. The van der Waals surface area contributed by atoms with Crippen LogP contribution in [0.5, 0.6) is 0 Å². The van der Waals surface area contributed by atoms with Crippen LogP contribution in [-0.4, -0.2) is 38.6 Å². The van der Waals surface area contributed by atoms with Gasteiger partial charge in [-0.3, -0.25) is 0 Å². The number of hydrogen-bond acceptors (Lipinski definition) is 5. The van der Waals surface area contributed by atoms with Crippen molar-refractivity contribution in [3.05, 3.63) is 48.4 Å². The number of fused-ring (bicyclic) bond motifs is 3. The van der Waals surface area contributed by atoms with Gasteiger partial charge < -0.3 is 14.7 Å². The molecule has 5 rings (SSSR count). The molecule has 8 heteroatoms. The largest absolute Gasteiger partial charge is 0.390 e. The molecule has 168 valence electrons. The molecule has 2 N–H and O–H groups in total. The topological polar surface area (TPSA) is 101 Å². The van der Waals surface area contributed by atoms with E-state index in [1.807, 2.05) is 26.8 Å². The fraction of sp³-hybridized carbons (Fsp3) is 0.417. The third kappa shape index (κ3) is 3.33. The van der Waals surface area contributed by atoms with Gasteiger partial charge in [0.25, 0.3) is 0 Å². The Kier molecular flexibility index (Phi) is 4.90. The molecule has 1 saturated carbocycles. The molecule has 0 spiro atoms. The van der Waals surface area contributed by atoms with E-state index in [0.717, 1.165) is 42.4 Å². The van der Waals surface area contributed by atoms with Crippen molar-refractivity contribution in [1.82, 2.24) is 19.5 Å². The van der Waals surface area contributed by atoms with E-state index >= 15 is 0 Å². The lowest BCUT2D eigenvalue weighted by molar-refractivity contribution is -0.00474. The predicted molar refractivity (Wildman–Crippen MR) is 123 cm³/mol. The molecule has 4 aromatic rings. The van der Waals surface area contributed by atoms with Crippen molar-refractivity contribution in [3.8, 4) is 0 Å². The van der Waals surface area contributed by atoms with Gasteiger partial charge in [0.05, 0.1) is 16.0 Å². The van der Waals surface area contributed by atoms with Crippen LogP contribution >= 0.6 is 0 Å². The Bertz CT molecular complexity index is 1390. The molecule has 1 fully saturated rings. The number of aromatic amines is 1. The summed E-state index contributed by atoms with van der Waals surface area (Å²) in [7, 11) is -3.84. The lowest BCUT2D eigenvalue weighted by Crippen LogP contribution is -2.34. The second-order valence-electron chi connectivity index (χ2n) is 9.36. The fourth-order valence-corrected chi connectivity index (χ4v) is 6.48. The number of nitrogens with one attached hydrogen (secondary N) is 1. The molecule has 1 aliphatic rings. The molecular weight excluding hydrogens is 424 g/mol. The Morgan fingerprint density at radius 1 is 1.06 bits per heavy atom. The lowest BCUT2D eigenvalue weighted by Gasteiger charge is -2.36. The summed E-state index contributed by atoms with van der Waals surface area (Å²) in [5, 5.41) is 11.3. The molecule has 0 amide bonds. The third-order valence-electron chi connectivity index (χ3n) is 6.85. The van der Waals surface area contributed by atoms with E-state index in [0.29, 0.717) is 11.2 Å². The maximum atomic E-state index is 13.5. The first-order valence-electron chi connectivity index (χ1n) is 11.1. The van der Waals surface area contributed by atoms with Gasteiger partial charge in [-0.25, -0.2) is 18.4 Å². The second kappa shape index (κ2) is 7.42. The second-order valence-corrected chi connectivity index (χ2v) is 11.2. The number of H-pyrrole nitrogens is 1. The van der Waals surface area contributed by atoms with Gasteiger partial charge in [-0.15, -0.1) is 0 Å². The van der Waals surface area contributed by atoms with Crippen molar-refractivity contribution in [2.24, 2.45) is 5.92 Å². The quantitative estimate of drug-likeness (QED) is 0.473. The highest BCUT2D eigenvalue weighted by Gasteiger charge is 2.34. The Labute approximate surface area is 187 Å². The number of hydrogen-bond donors (Lipinski definition) is 2. The van der Waals surface area contributed by atoms with E-state index in [1.54, 1.807) is 36.5 Å². The molecule has 0 unspecified atom stereocenters. The van der Waals surface area contributed by atoms with Gasteiger partial charge >= 0.3 is 0 Å². The molecular formula is C24H28N4O3S. The zero-order valence-electron chi connectivity index (χ0n) is 18.5. The SMILES string of the molecule is Cc1nc2c(S(=O)(=O)c3ccccc3)nc3[nH]ccc3c2n1C1CCC(C(C)(C)O)CC1. The summed E-state index contributed by atoms with van der Waals surface area (Å²) in [6, 6.07) is 10.5. The minimum Gasteiger partial charge on any atom is -0.390 e. The van der Waals surface area contributed by atoms with E-state index in [2.05, 4.69) is 14.5 Å². The van der Waals surface area contributed by atoms with E-state index < -0.39 is 15.4 Å². The smallest absolute Gasteiger partial charge is 0.226 e. The standard InChI is InChI=1S/C24H28N4O3S/c1-15-26-20-21(28(15)17-11-9-16(10-12-17)24(2,3)29)19-13-14-25-22(19)27-23(20)32(30,31)18-7-5-4-6-8-18/h4-8,13-14,16-17,29H,9-12H2,1-3H3,(H,25,27). The van der Waals surface area contributed by atoms with Crippen LogP contribution in [0, 0.1) is 12.8 Å². The minimum atomic E-state index is -3.84. The number of aliphatic hydroxyl groups is 1. The highest BCUT2D eigenvalue weighted by molar-refractivity contribution is 7.91. The van der Waals surface area contributed by atoms with Crippen molar-refractivity contribution >= 4 is 31.9 Å². The van der Waals surface area contributed by atoms with Crippen LogP contribution in [0.1, 0.15) is 51.4 Å². The van der Waals surface area contributed by atoms with Crippen molar-refractivity contribution in [3.63, 3.8) is 0 Å². The molecule has 0 saturated heterocycles. The highest BCUT2D eigenvalue weighted by Crippen LogP contribution is 2.41. The first kappa shape index (κ1) is 21.2. The number of rotatable bonds is 4. The zero-order chi connectivity index (χ0) is 22.7. The summed E-state index contributed by atoms with van der Waals surface area (Å²) in [5.41, 5.74) is 1.09. The first-order valence-corrected chi connectivity index (χ1v) is 12.5. The molecule has 32 heavy (non-hydrogen) atoms. The number of sulfone groups is 1. The molecule has 0 atom stereocenters. The molecule has 0 aliphatic heterocycles. The van der Waals surface area contributed by atoms with Crippen molar-refractivity contribution in [2.75, 3.05) is 0 Å². The number of benzene rings is 1. The van der Waals surface area contributed by atoms with Crippen LogP contribution in [-0.2, 0) is 9.84 Å². The van der Waals surface area contributed by atoms with E-state index in [-0.39, 0.29) is 21.9 Å². The highest BCUT2D eigenvalue weighted by atomic mass is 32.2. The third-order valence-corrected chi connectivity index (χ3v) is 8.54. The molecule has 3 heterocycles. The van der Waals surface area contributed by atoms with Gasteiger partial charge in [-0.2, -0.15) is 0 Å². The molecule has 0 radical (unpaired) electrons. The van der Waals surface area contributed by atoms with E-state index in [9.17, 15) is 13.5 Å². The summed E-state index contributed by atoms with van der Waals surface area (Å²) >= 11 is 0. The Morgan fingerprint density at radius 2 is 1.75 bits per heavy atom. The molecule has 0 bridgehead atoms. The van der Waals surface area contributed by atoms with Gasteiger partial charge in [0.2, 0.25) is 9.84 Å². The molecule has 1 aromatic carbocycles. The van der Waals surface area contributed by atoms with Crippen LogP contribution in [0.4, 0.5) is 0 Å². The number of aromatic nitrogens is 4. The van der Waals surface area contributed by atoms with Gasteiger partial charge in [0, 0.05) is 17.6 Å². The van der Waals surface area contributed by atoms with Gasteiger partial charge in [-0.05, 0) is 70.6 Å². The Morgan fingerprint density at radius 3 is 2.41 bits per heavy atom. The lowest BCUT2D eigenvalue weighted by atomic mass is 9.77. The summed E-state index contributed by atoms with van der Waals surface area (Å²) in [6.45, 7) is 5.69.